The van der Waals surface area contributed by atoms with Gasteiger partial charge < -0.3 is 10.6 Å². The first-order valence-corrected chi connectivity index (χ1v) is 7.97. The van der Waals surface area contributed by atoms with Gasteiger partial charge in [0.05, 0.1) is 6.04 Å². The van der Waals surface area contributed by atoms with Crippen LogP contribution < -0.4 is 10.6 Å². The van der Waals surface area contributed by atoms with Crippen molar-refractivity contribution in [3.8, 4) is 0 Å². The van der Waals surface area contributed by atoms with Gasteiger partial charge in [0.2, 0.25) is 12.1 Å². The normalized spacial score (nSPS) is 20.1. The number of nitrogens with one attached hydrogen (secondary N) is 1. The van der Waals surface area contributed by atoms with Crippen LogP contribution in [0, 0.1) is 5.41 Å². The Bertz CT molecular complexity index is 304. The van der Waals surface area contributed by atoms with E-state index < -0.39 is 15.4 Å². The molecule has 0 heterocycles. The Morgan fingerprint density at radius 3 is 2.11 bits per heavy atom. The summed E-state index contributed by atoms with van der Waals surface area (Å²) < 4.78 is -1.50. The van der Waals surface area contributed by atoms with Gasteiger partial charge in [-0.3, -0.25) is 4.79 Å². The van der Waals surface area contributed by atoms with E-state index >= 15 is 0 Å². The molecule has 0 aromatic heterocycles. The minimum atomic E-state index is -1.50. The van der Waals surface area contributed by atoms with E-state index in [1.165, 1.54) is 19.3 Å². The van der Waals surface area contributed by atoms with Gasteiger partial charge in [-0.05, 0) is 25.7 Å². The largest absolute Gasteiger partial charge is 0.321 e. The number of alkyl halides is 3. The molecule has 0 aromatic rings. The fourth-order valence-corrected chi connectivity index (χ4v) is 2.58. The SMILES string of the molecule is CC(C)(C)C(=O)N[C@H]([NH2+]C1CCCCC1)C(Cl)(Cl)Cl. The summed E-state index contributed by atoms with van der Waals surface area (Å²) in [6.07, 6.45) is 5.39. The highest BCUT2D eigenvalue weighted by Gasteiger charge is 2.40. The van der Waals surface area contributed by atoms with Gasteiger partial charge in [-0.25, -0.2) is 0 Å². The molecule has 0 spiro atoms. The van der Waals surface area contributed by atoms with Gasteiger partial charge in [0.1, 0.15) is 0 Å². The second kappa shape index (κ2) is 6.84. The van der Waals surface area contributed by atoms with E-state index in [1.807, 2.05) is 26.1 Å². The van der Waals surface area contributed by atoms with Crippen molar-refractivity contribution in [2.75, 3.05) is 0 Å². The third kappa shape index (κ3) is 6.07. The number of quaternary nitrogens is 1. The van der Waals surface area contributed by atoms with Crippen molar-refractivity contribution < 1.29 is 10.1 Å². The first-order chi connectivity index (χ1) is 8.60. The Morgan fingerprint density at radius 2 is 1.68 bits per heavy atom. The maximum Gasteiger partial charge on any atom is 0.262 e. The Morgan fingerprint density at radius 1 is 1.16 bits per heavy atom. The molecule has 0 unspecified atom stereocenters. The van der Waals surface area contributed by atoms with Gasteiger partial charge in [0.25, 0.3) is 3.79 Å². The molecule has 112 valence electrons. The fourth-order valence-electron chi connectivity index (χ4n) is 2.20. The standard InChI is InChI=1S/C13H23Cl3N2O/c1-12(2,3)11(19)18-10(13(14,15)16)17-9-7-5-4-6-8-9/h9-10,17H,4-8H2,1-3H3,(H,18,19)/p+1/t10-/m0/s1. The Labute approximate surface area is 130 Å². The van der Waals surface area contributed by atoms with E-state index in [4.69, 9.17) is 34.8 Å². The van der Waals surface area contributed by atoms with Gasteiger partial charge in [-0.2, -0.15) is 0 Å². The molecule has 0 bridgehead atoms. The van der Waals surface area contributed by atoms with Gasteiger partial charge in [-0.1, -0.05) is 62.0 Å². The van der Waals surface area contributed by atoms with Gasteiger partial charge >= 0.3 is 0 Å². The zero-order chi connectivity index (χ0) is 14.7. The number of amides is 1. The molecule has 19 heavy (non-hydrogen) atoms. The quantitative estimate of drug-likeness (QED) is 0.606. The average molecular weight is 331 g/mol. The van der Waals surface area contributed by atoms with Crippen LogP contribution in [0.3, 0.4) is 0 Å². The number of carbonyl (C=O) groups excluding carboxylic acids is 1. The monoisotopic (exact) mass is 329 g/mol. The van der Waals surface area contributed by atoms with Crippen molar-refractivity contribution >= 4 is 40.7 Å². The first kappa shape index (κ1) is 17.4. The highest BCUT2D eigenvalue weighted by atomic mass is 35.6. The van der Waals surface area contributed by atoms with Crippen LogP contribution in [-0.2, 0) is 4.79 Å². The molecule has 0 aromatic carbocycles. The van der Waals surface area contributed by atoms with Crippen molar-refractivity contribution in [3.63, 3.8) is 0 Å². The molecule has 1 aliphatic carbocycles. The molecule has 0 radical (unpaired) electrons. The highest BCUT2D eigenvalue weighted by molar-refractivity contribution is 6.68. The number of carbonyl (C=O) groups is 1. The molecule has 1 rings (SSSR count). The van der Waals surface area contributed by atoms with Gasteiger partial charge in [0.15, 0.2) is 0 Å². The van der Waals surface area contributed by atoms with Crippen molar-refractivity contribution in [1.82, 2.24) is 5.32 Å². The lowest BCUT2D eigenvalue weighted by atomic mass is 9.94. The number of hydrogen-bond donors (Lipinski definition) is 2. The smallest absolute Gasteiger partial charge is 0.262 e. The fraction of sp³-hybridized carbons (Fsp3) is 0.923. The predicted molar refractivity (Wildman–Crippen MR) is 80.5 cm³/mol. The molecular weight excluding hydrogens is 307 g/mol. The molecular formula is C13H24Cl3N2O+. The number of nitrogens with two attached hydrogens (primary N) is 1. The van der Waals surface area contributed by atoms with Crippen LogP contribution in [0.2, 0.25) is 0 Å². The Balaban J connectivity index is 2.64. The summed E-state index contributed by atoms with van der Waals surface area (Å²) in [4.78, 5) is 12.1. The number of rotatable bonds is 3. The minimum absolute atomic E-state index is 0.101. The molecule has 3 nitrogen and oxygen atoms in total. The van der Waals surface area contributed by atoms with Crippen molar-refractivity contribution in [3.05, 3.63) is 0 Å². The van der Waals surface area contributed by atoms with E-state index in [2.05, 4.69) is 5.32 Å². The predicted octanol–water partition coefficient (Wildman–Crippen LogP) is 2.74. The van der Waals surface area contributed by atoms with E-state index in [0.717, 1.165) is 12.8 Å². The number of hydrogen-bond acceptors (Lipinski definition) is 1. The highest BCUT2D eigenvalue weighted by Crippen LogP contribution is 2.28. The van der Waals surface area contributed by atoms with Crippen LogP contribution in [0.25, 0.3) is 0 Å². The van der Waals surface area contributed by atoms with Crippen molar-refractivity contribution in [1.29, 1.82) is 0 Å². The maximum atomic E-state index is 12.1. The second-order valence-corrected chi connectivity index (χ2v) is 8.70. The first-order valence-electron chi connectivity index (χ1n) is 6.83. The third-order valence-electron chi connectivity index (χ3n) is 3.43. The maximum absolute atomic E-state index is 12.1. The van der Waals surface area contributed by atoms with Gasteiger partial charge in [0, 0.05) is 5.41 Å². The van der Waals surface area contributed by atoms with Crippen LogP contribution in [0.5, 0.6) is 0 Å². The average Bonchev–Trinajstić information content (AvgIpc) is 2.27. The Kier molecular flexibility index (Phi) is 6.25. The summed E-state index contributed by atoms with van der Waals surface area (Å²) in [6.45, 7) is 5.54. The lowest BCUT2D eigenvalue weighted by Gasteiger charge is -2.31. The molecule has 1 saturated carbocycles. The molecule has 1 aliphatic rings. The van der Waals surface area contributed by atoms with E-state index in [-0.39, 0.29) is 5.91 Å². The van der Waals surface area contributed by atoms with Crippen molar-refractivity contribution in [2.24, 2.45) is 5.41 Å². The summed E-state index contributed by atoms with van der Waals surface area (Å²) in [5.74, 6) is -0.101. The van der Waals surface area contributed by atoms with Crippen molar-refractivity contribution in [2.45, 2.75) is 68.9 Å². The van der Waals surface area contributed by atoms with E-state index in [0.29, 0.717) is 6.04 Å². The molecule has 3 N–H and O–H groups in total. The lowest BCUT2D eigenvalue weighted by molar-refractivity contribution is -0.726. The third-order valence-corrected chi connectivity index (χ3v) is 4.14. The summed E-state index contributed by atoms with van der Waals surface area (Å²) >= 11 is 18.0. The molecule has 1 amide bonds. The van der Waals surface area contributed by atoms with Crippen LogP contribution in [-0.4, -0.2) is 21.9 Å². The van der Waals surface area contributed by atoms with Crippen LogP contribution in [0.1, 0.15) is 52.9 Å². The van der Waals surface area contributed by atoms with Gasteiger partial charge in [-0.15, -0.1) is 0 Å². The minimum Gasteiger partial charge on any atom is -0.321 e. The Hall–Kier alpha value is 0.300. The topological polar surface area (TPSA) is 45.7 Å². The summed E-state index contributed by atoms with van der Waals surface area (Å²) in [5, 5.41) is 4.86. The van der Waals surface area contributed by atoms with Crippen LogP contribution in [0.15, 0.2) is 0 Å². The zero-order valence-electron chi connectivity index (χ0n) is 11.8. The summed E-state index contributed by atoms with van der Waals surface area (Å²) in [6, 6.07) is 0.426. The molecule has 1 fully saturated rings. The van der Waals surface area contributed by atoms with E-state index in [9.17, 15) is 4.79 Å². The van der Waals surface area contributed by atoms with E-state index in [1.54, 1.807) is 0 Å². The molecule has 1 atom stereocenters. The summed E-state index contributed by atoms with van der Waals surface area (Å²) in [7, 11) is 0. The molecule has 0 saturated heterocycles. The van der Waals surface area contributed by atoms with Crippen LogP contribution >= 0.6 is 34.8 Å². The molecule has 0 aliphatic heterocycles. The number of halogens is 3. The van der Waals surface area contributed by atoms with Crippen LogP contribution in [0.4, 0.5) is 0 Å². The second-order valence-electron chi connectivity index (χ2n) is 6.33. The summed E-state index contributed by atoms with van der Waals surface area (Å²) in [5.41, 5.74) is -0.491. The zero-order valence-corrected chi connectivity index (χ0v) is 14.1. The lowest BCUT2D eigenvalue weighted by Crippen LogP contribution is -3.00. The molecule has 6 heteroatoms.